The third-order valence-electron chi connectivity index (χ3n) is 4.97. The van der Waals surface area contributed by atoms with Gasteiger partial charge in [0, 0.05) is 17.1 Å². The number of amides is 1. The average Bonchev–Trinajstić information content (AvgIpc) is 3.30. The van der Waals surface area contributed by atoms with Gasteiger partial charge in [-0.3, -0.25) is 9.59 Å². The summed E-state index contributed by atoms with van der Waals surface area (Å²) >= 11 is 6.11. The SMILES string of the molecule is O=C(C[C@]1(O)C(=O)N(CCc2ccccc2)c2ccc(Cl)cc21)c1ccco1. The normalized spacial score (nSPS) is 18.4. The molecule has 2 aromatic carbocycles. The molecule has 1 aromatic heterocycles. The third kappa shape index (κ3) is 3.23. The number of halogens is 1. The molecule has 5 nitrogen and oxygen atoms in total. The molecule has 0 saturated heterocycles. The summed E-state index contributed by atoms with van der Waals surface area (Å²) in [4.78, 5) is 27.2. The largest absolute Gasteiger partial charge is 0.461 e. The second-order valence-electron chi connectivity index (χ2n) is 6.79. The number of benzene rings is 2. The Balaban J connectivity index is 1.65. The highest BCUT2D eigenvalue weighted by atomic mass is 35.5. The molecule has 1 atom stereocenters. The number of Topliss-reactive ketones (excluding diaryl/α,β-unsaturated/α-hetero) is 1. The first kappa shape index (κ1) is 18.5. The summed E-state index contributed by atoms with van der Waals surface area (Å²) in [5.41, 5.74) is 0.0202. The summed E-state index contributed by atoms with van der Waals surface area (Å²) in [6, 6.07) is 17.8. The van der Waals surface area contributed by atoms with Gasteiger partial charge in [0.05, 0.1) is 18.4 Å². The summed E-state index contributed by atoms with van der Waals surface area (Å²) in [5.74, 6) is -0.871. The van der Waals surface area contributed by atoms with Crippen LogP contribution in [0.2, 0.25) is 5.02 Å². The number of nitrogens with zero attached hydrogens (tertiary/aromatic N) is 1. The lowest BCUT2D eigenvalue weighted by molar-refractivity contribution is -0.135. The summed E-state index contributed by atoms with van der Waals surface area (Å²) in [6.45, 7) is 0.384. The molecule has 0 radical (unpaired) electrons. The molecule has 2 heterocycles. The molecule has 0 spiro atoms. The molecule has 1 aliphatic rings. The number of hydrogen-bond acceptors (Lipinski definition) is 4. The lowest BCUT2D eigenvalue weighted by Gasteiger charge is -2.22. The van der Waals surface area contributed by atoms with Gasteiger partial charge in [0.2, 0.25) is 5.78 Å². The molecule has 1 aliphatic heterocycles. The topological polar surface area (TPSA) is 70.8 Å². The molecular formula is C22H18ClNO4. The lowest BCUT2D eigenvalue weighted by atomic mass is 9.89. The van der Waals surface area contributed by atoms with Crippen LogP contribution in [0.25, 0.3) is 0 Å². The molecule has 28 heavy (non-hydrogen) atoms. The van der Waals surface area contributed by atoms with Crippen molar-refractivity contribution in [2.24, 2.45) is 0 Å². The number of ketones is 1. The van der Waals surface area contributed by atoms with Gasteiger partial charge >= 0.3 is 0 Å². The quantitative estimate of drug-likeness (QED) is 0.641. The first-order valence-corrected chi connectivity index (χ1v) is 9.32. The van der Waals surface area contributed by atoms with Gasteiger partial charge in [0.15, 0.2) is 11.4 Å². The number of anilines is 1. The van der Waals surface area contributed by atoms with Crippen LogP contribution in [0.5, 0.6) is 0 Å². The molecule has 142 valence electrons. The Kier molecular flexibility index (Phi) is 4.79. The number of carbonyl (C=O) groups excluding carboxylic acids is 2. The second-order valence-corrected chi connectivity index (χ2v) is 7.23. The highest BCUT2D eigenvalue weighted by molar-refractivity contribution is 6.31. The summed E-state index contributed by atoms with van der Waals surface area (Å²) in [6.07, 6.45) is 1.59. The predicted molar refractivity (Wildman–Crippen MR) is 106 cm³/mol. The van der Waals surface area contributed by atoms with Crippen molar-refractivity contribution >= 4 is 29.0 Å². The van der Waals surface area contributed by atoms with Crippen LogP contribution in [-0.2, 0) is 16.8 Å². The molecule has 0 unspecified atom stereocenters. The number of carbonyl (C=O) groups is 2. The van der Waals surface area contributed by atoms with Crippen molar-refractivity contribution in [3.8, 4) is 0 Å². The Morgan fingerprint density at radius 1 is 1.11 bits per heavy atom. The Labute approximate surface area is 167 Å². The fourth-order valence-corrected chi connectivity index (χ4v) is 3.73. The van der Waals surface area contributed by atoms with Gasteiger partial charge in [-0.1, -0.05) is 41.9 Å². The van der Waals surface area contributed by atoms with Crippen molar-refractivity contribution in [1.82, 2.24) is 0 Å². The number of hydrogen-bond donors (Lipinski definition) is 1. The molecule has 0 bridgehead atoms. The molecular weight excluding hydrogens is 378 g/mol. The molecule has 0 aliphatic carbocycles. The van der Waals surface area contributed by atoms with Crippen LogP contribution in [0.1, 0.15) is 28.1 Å². The van der Waals surface area contributed by atoms with E-state index in [1.807, 2.05) is 30.3 Å². The molecule has 1 amide bonds. The minimum Gasteiger partial charge on any atom is -0.461 e. The van der Waals surface area contributed by atoms with E-state index >= 15 is 0 Å². The van der Waals surface area contributed by atoms with Crippen molar-refractivity contribution < 1.29 is 19.1 Å². The maximum atomic E-state index is 13.2. The third-order valence-corrected chi connectivity index (χ3v) is 5.21. The molecule has 0 saturated carbocycles. The minimum absolute atomic E-state index is 0.104. The van der Waals surface area contributed by atoms with E-state index in [4.69, 9.17) is 16.0 Å². The van der Waals surface area contributed by atoms with Gasteiger partial charge in [-0.25, -0.2) is 0 Å². The average molecular weight is 396 g/mol. The summed E-state index contributed by atoms with van der Waals surface area (Å²) in [5, 5.41) is 11.7. The van der Waals surface area contributed by atoms with Gasteiger partial charge in [0.1, 0.15) is 0 Å². The van der Waals surface area contributed by atoms with E-state index < -0.39 is 23.7 Å². The van der Waals surface area contributed by atoms with E-state index in [1.165, 1.54) is 17.2 Å². The van der Waals surface area contributed by atoms with Gasteiger partial charge in [-0.15, -0.1) is 0 Å². The molecule has 1 N–H and O–H groups in total. The fourth-order valence-electron chi connectivity index (χ4n) is 3.56. The molecule has 3 aromatic rings. The Morgan fingerprint density at radius 2 is 1.89 bits per heavy atom. The van der Waals surface area contributed by atoms with E-state index in [1.54, 1.807) is 24.3 Å². The molecule has 4 rings (SSSR count). The van der Waals surface area contributed by atoms with E-state index in [0.717, 1.165) is 5.56 Å². The van der Waals surface area contributed by atoms with E-state index in [-0.39, 0.29) is 5.76 Å². The van der Waals surface area contributed by atoms with Crippen molar-refractivity contribution in [2.45, 2.75) is 18.4 Å². The minimum atomic E-state index is -1.97. The predicted octanol–water partition coefficient (Wildman–Crippen LogP) is 3.98. The smallest absolute Gasteiger partial charge is 0.264 e. The van der Waals surface area contributed by atoms with Gasteiger partial charge in [0.25, 0.3) is 5.91 Å². The van der Waals surface area contributed by atoms with Gasteiger partial charge < -0.3 is 14.4 Å². The first-order valence-electron chi connectivity index (χ1n) is 8.94. The number of aliphatic hydroxyl groups is 1. The zero-order valence-electron chi connectivity index (χ0n) is 15.0. The van der Waals surface area contributed by atoms with Crippen LogP contribution in [-0.4, -0.2) is 23.3 Å². The zero-order chi connectivity index (χ0) is 19.7. The van der Waals surface area contributed by atoms with Crippen molar-refractivity contribution in [1.29, 1.82) is 0 Å². The molecule has 6 heteroatoms. The zero-order valence-corrected chi connectivity index (χ0v) is 15.7. The summed E-state index contributed by atoms with van der Waals surface area (Å²) in [7, 11) is 0. The molecule has 0 fully saturated rings. The van der Waals surface area contributed by atoms with Crippen LogP contribution in [0.15, 0.2) is 71.3 Å². The Morgan fingerprint density at radius 3 is 2.61 bits per heavy atom. The number of fused-ring (bicyclic) bond motifs is 1. The van der Waals surface area contributed by atoms with Gasteiger partial charge in [-0.05, 0) is 42.3 Å². The standard InChI is InChI=1S/C22H18ClNO4/c23-16-8-9-18-17(13-16)22(27,14-19(25)20-7-4-12-28-20)21(26)24(18)11-10-15-5-2-1-3-6-15/h1-9,12-13,27H,10-11,14H2/t22-/m1/s1. The second kappa shape index (κ2) is 7.26. The van der Waals surface area contributed by atoms with Crippen LogP contribution in [0, 0.1) is 0 Å². The Hall–Kier alpha value is -2.89. The lowest BCUT2D eigenvalue weighted by Crippen LogP contribution is -2.42. The fraction of sp³-hybridized carbons (Fsp3) is 0.182. The van der Waals surface area contributed by atoms with Crippen LogP contribution >= 0.6 is 11.6 Å². The maximum Gasteiger partial charge on any atom is 0.264 e. The van der Waals surface area contributed by atoms with E-state index in [0.29, 0.717) is 29.2 Å². The number of furan rings is 1. The van der Waals surface area contributed by atoms with Crippen LogP contribution in [0.4, 0.5) is 5.69 Å². The monoisotopic (exact) mass is 395 g/mol. The van der Waals surface area contributed by atoms with Crippen molar-refractivity contribution in [3.63, 3.8) is 0 Å². The van der Waals surface area contributed by atoms with Gasteiger partial charge in [-0.2, -0.15) is 0 Å². The number of rotatable bonds is 6. The highest BCUT2D eigenvalue weighted by Gasteiger charge is 2.51. The maximum absolute atomic E-state index is 13.2. The van der Waals surface area contributed by atoms with E-state index in [9.17, 15) is 14.7 Å². The van der Waals surface area contributed by atoms with E-state index in [2.05, 4.69) is 0 Å². The van der Waals surface area contributed by atoms with Crippen molar-refractivity contribution in [3.05, 3.63) is 88.8 Å². The van der Waals surface area contributed by atoms with Crippen LogP contribution in [0.3, 0.4) is 0 Å². The summed E-state index contributed by atoms with van der Waals surface area (Å²) < 4.78 is 5.12. The first-order chi connectivity index (χ1) is 13.5. The van der Waals surface area contributed by atoms with Crippen molar-refractivity contribution in [2.75, 3.05) is 11.4 Å². The Bertz CT molecular complexity index is 1020. The van der Waals surface area contributed by atoms with Crippen LogP contribution < -0.4 is 4.90 Å². The highest BCUT2D eigenvalue weighted by Crippen LogP contribution is 2.44.